The summed E-state index contributed by atoms with van der Waals surface area (Å²) in [7, 11) is -4.43. The Morgan fingerprint density at radius 3 is 2.23 bits per heavy atom. The smallest absolute Gasteiger partial charge is 0.266 e. The van der Waals surface area contributed by atoms with E-state index in [1.54, 1.807) is 43.3 Å². The summed E-state index contributed by atoms with van der Waals surface area (Å²) < 4.78 is 52.5. The van der Waals surface area contributed by atoms with Crippen LogP contribution in [-0.4, -0.2) is 30.0 Å². The second kappa shape index (κ2) is 8.09. The second-order valence-corrected chi connectivity index (χ2v) is 8.32. The highest BCUT2D eigenvalue weighted by molar-refractivity contribution is 9.10. The van der Waals surface area contributed by atoms with Crippen LogP contribution in [0.1, 0.15) is 11.1 Å². The number of nitrogens with zero attached hydrogens (tertiary/aromatic N) is 1. The van der Waals surface area contributed by atoms with Crippen molar-refractivity contribution < 1.29 is 22.0 Å². The van der Waals surface area contributed by atoms with Crippen LogP contribution in [0.2, 0.25) is 0 Å². The van der Waals surface area contributed by atoms with Crippen molar-refractivity contribution in [2.45, 2.75) is 16.7 Å². The molecule has 0 aliphatic carbocycles. The van der Waals surface area contributed by atoms with Crippen LogP contribution in [0, 0.1) is 6.92 Å². The van der Waals surface area contributed by atoms with E-state index < -0.39 is 27.3 Å². The van der Waals surface area contributed by atoms with Gasteiger partial charge in [0.05, 0.1) is 11.4 Å². The molecule has 138 valence electrons. The number of halogens is 3. The number of rotatable bonds is 6. The highest BCUT2D eigenvalue weighted by Gasteiger charge is 2.43. The number of sulfonamides is 1. The van der Waals surface area contributed by atoms with E-state index in [4.69, 9.17) is 0 Å². The molecule has 8 heteroatoms. The molecule has 0 saturated heterocycles. The van der Waals surface area contributed by atoms with Crippen LogP contribution < -0.4 is 0 Å². The Balaban J connectivity index is 2.36. The number of benzene rings is 2. The summed E-state index contributed by atoms with van der Waals surface area (Å²) in [5.74, 6) is -1.85. The van der Waals surface area contributed by atoms with E-state index in [-0.39, 0.29) is 9.20 Å². The molecule has 1 amide bonds. The van der Waals surface area contributed by atoms with E-state index in [9.17, 15) is 22.0 Å². The lowest BCUT2D eigenvalue weighted by Crippen LogP contribution is -2.44. The average molecular weight is 444 g/mol. The zero-order chi connectivity index (χ0) is 19.4. The minimum absolute atomic E-state index is 0.159. The molecule has 0 atom stereocenters. The van der Waals surface area contributed by atoms with Crippen molar-refractivity contribution in [2.75, 3.05) is 6.54 Å². The zero-order valence-corrected chi connectivity index (χ0v) is 16.2. The highest BCUT2D eigenvalue weighted by atomic mass is 79.9. The number of alkyl halides is 3. The van der Waals surface area contributed by atoms with Crippen molar-refractivity contribution >= 4 is 37.9 Å². The van der Waals surface area contributed by atoms with E-state index in [2.05, 4.69) is 0 Å². The molecule has 0 fully saturated rings. The lowest BCUT2D eigenvalue weighted by atomic mass is 10.2. The molecule has 2 aromatic rings. The maximum Gasteiger partial charge on any atom is 0.379 e. The molecule has 26 heavy (non-hydrogen) atoms. The van der Waals surface area contributed by atoms with Crippen LogP contribution in [0.15, 0.2) is 65.6 Å². The number of hydrogen-bond donors (Lipinski definition) is 0. The highest BCUT2D eigenvalue weighted by Crippen LogP contribution is 2.28. The Morgan fingerprint density at radius 2 is 1.69 bits per heavy atom. The van der Waals surface area contributed by atoms with Gasteiger partial charge in [-0.25, -0.2) is 12.7 Å². The molecule has 0 unspecified atom stereocenters. The standard InChI is InChI=1S/C18H16BrF2NO3S/c1-14-9-11-16(12-10-14)26(24,25)22(17(23)18(19,20)21)13-5-8-15-6-3-2-4-7-15/h2-12H,13H2,1H3/b8-5+. The number of hydrogen-bond acceptors (Lipinski definition) is 3. The lowest BCUT2D eigenvalue weighted by molar-refractivity contribution is -0.139. The first kappa shape index (κ1) is 20.3. The van der Waals surface area contributed by atoms with Gasteiger partial charge in [0.15, 0.2) is 0 Å². The van der Waals surface area contributed by atoms with Gasteiger partial charge in [-0.2, -0.15) is 8.78 Å². The average Bonchev–Trinajstić information content (AvgIpc) is 2.58. The van der Waals surface area contributed by atoms with Gasteiger partial charge in [-0.05, 0) is 24.6 Å². The molecule has 4 nitrogen and oxygen atoms in total. The van der Waals surface area contributed by atoms with E-state index in [1.807, 2.05) is 15.9 Å². The molecule has 0 aliphatic heterocycles. The fourth-order valence-electron chi connectivity index (χ4n) is 2.12. The Bertz CT molecular complexity index is 892. The zero-order valence-electron chi connectivity index (χ0n) is 13.8. The normalized spacial score (nSPS) is 12.3. The topological polar surface area (TPSA) is 54.5 Å². The van der Waals surface area contributed by atoms with Gasteiger partial charge in [0, 0.05) is 15.9 Å². The van der Waals surface area contributed by atoms with Crippen molar-refractivity contribution in [3.8, 4) is 0 Å². The molecule has 0 heterocycles. The monoisotopic (exact) mass is 443 g/mol. The summed E-state index contributed by atoms with van der Waals surface area (Å²) in [5.41, 5.74) is 1.55. The van der Waals surface area contributed by atoms with Gasteiger partial charge in [0.2, 0.25) is 0 Å². The summed E-state index contributed by atoms with van der Waals surface area (Å²) in [6.07, 6.45) is 2.90. The number of carbonyl (C=O) groups excluding carboxylic acids is 1. The first-order valence-electron chi connectivity index (χ1n) is 7.54. The van der Waals surface area contributed by atoms with Crippen LogP contribution in [0.4, 0.5) is 8.78 Å². The van der Waals surface area contributed by atoms with Gasteiger partial charge in [-0.15, -0.1) is 0 Å². The maximum absolute atomic E-state index is 13.5. The Labute approximate surface area is 159 Å². The minimum Gasteiger partial charge on any atom is -0.266 e. The van der Waals surface area contributed by atoms with Crippen molar-refractivity contribution in [1.82, 2.24) is 4.31 Å². The third-order valence-electron chi connectivity index (χ3n) is 3.46. The molecule has 0 radical (unpaired) electrons. The molecule has 0 bridgehead atoms. The Hall–Kier alpha value is -2.06. The molecule has 0 spiro atoms. The molecule has 0 aromatic heterocycles. The van der Waals surface area contributed by atoms with Gasteiger partial charge in [-0.3, -0.25) is 4.79 Å². The fourth-order valence-corrected chi connectivity index (χ4v) is 3.80. The van der Waals surface area contributed by atoms with E-state index in [0.717, 1.165) is 11.1 Å². The quantitative estimate of drug-likeness (QED) is 0.628. The Morgan fingerprint density at radius 1 is 1.12 bits per heavy atom. The number of aryl methyl sites for hydroxylation is 1. The molecule has 0 N–H and O–H groups in total. The first-order valence-corrected chi connectivity index (χ1v) is 9.78. The summed E-state index contributed by atoms with van der Waals surface area (Å²) >= 11 is 1.94. The third-order valence-corrected chi connectivity index (χ3v) is 5.56. The van der Waals surface area contributed by atoms with E-state index >= 15 is 0 Å². The van der Waals surface area contributed by atoms with Crippen LogP contribution in [0.3, 0.4) is 0 Å². The molecule has 2 aromatic carbocycles. The summed E-state index contributed by atoms with van der Waals surface area (Å²) in [4.78, 5) is 7.78. The molecular formula is C18H16BrF2NO3S. The van der Waals surface area contributed by atoms with Gasteiger partial charge in [0.1, 0.15) is 0 Å². The van der Waals surface area contributed by atoms with Crippen molar-refractivity contribution in [3.63, 3.8) is 0 Å². The predicted octanol–water partition coefficient (Wildman–Crippen LogP) is 4.21. The number of amides is 1. The second-order valence-electron chi connectivity index (χ2n) is 5.47. The molecular weight excluding hydrogens is 428 g/mol. The van der Waals surface area contributed by atoms with Crippen molar-refractivity contribution in [1.29, 1.82) is 0 Å². The SMILES string of the molecule is Cc1ccc(S(=O)(=O)N(C/C=C/c2ccccc2)C(=O)C(F)(F)Br)cc1. The molecule has 0 saturated carbocycles. The lowest BCUT2D eigenvalue weighted by Gasteiger charge is -2.23. The maximum atomic E-state index is 13.5. The third kappa shape index (κ3) is 4.98. The van der Waals surface area contributed by atoms with Crippen molar-refractivity contribution in [3.05, 3.63) is 71.8 Å². The van der Waals surface area contributed by atoms with Crippen LogP contribution in [0.5, 0.6) is 0 Å². The van der Waals surface area contributed by atoms with Crippen molar-refractivity contribution in [2.24, 2.45) is 0 Å². The number of carbonyl (C=O) groups is 1. The Kier molecular flexibility index (Phi) is 6.30. The van der Waals surface area contributed by atoms with Crippen LogP contribution in [0.25, 0.3) is 6.08 Å². The van der Waals surface area contributed by atoms with Gasteiger partial charge in [-0.1, -0.05) is 60.2 Å². The largest absolute Gasteiger partial charge is 0.379 e. The van der Waals surface area contributed by atoms with Gasteiger partial charge >= 0.3 is 10.7 Å². The molecule has 0 aliphatic rings. The predicted molar refractivity (Wildman–Crippen MR) is 99.4 cm³/mol. The van der Waals surface area contributed by atoms with Crippen LogP contribution >= 0.6 is 15.9 Å². The first-order chi connectivity index (χ1) is 12.1. The summed E-state index contributed by atoms with van der Waals surface area (Å²) in [6.45, 7) is 1.24. The molecule has 2 rings (SSSR count). The van der Waals surface area contributed by atoms with Crippen LogP contribution in [-0.2, 0) is 14.8 Å². The minimum atomic E-state index is -4.43. The van der Waals surface area contributed by atoms with E-state index in [0.29, 0.717) is 0 Å². The summed E-state index contributed by atoms with van der Waals surface area (Å²) in [5, 5.41) is 0. The fraction of sp³-hybridized carbons (Fsp3) is 0.167. The summed E-state index contributed by atoms with van der Waals surface area (Å²) in [6, 6.07) is 14.5. The van der Waals surface area contributed by atoms with Gasteiger partial charge in [0.25, 0.3) is 10.0 Å². The van der Waals surface area contributed by atoms with E-state index in [1.165, 1.54) is 30.3 Å². The van der Waals surface area contributed by atoms with Gasteiger partial charge < -0.3 is 0 Å².